The average molecular weight is 468 g/mol. The third-order valence-electron chi connectivity index (χ3n) is 7.80. The Morgan fingerprint density at radius 1 is 1.15 bits per heavy atom. The molecule has 1 amide bonds. The van der Waals surface area contributed by atoms with Crippen molar-refractivity contribution in [1.82, 2.24) is 14.5 Å². The molecular formula is C28H41N3O3. The minimum atomic E-state index is -0.482. The highest BCUT2D eigenvalue weighted by Crippen LogP contribution is 2.40. The van der Waals surface area contributed by atoms with Crippen LogP contribution in [0, 0.1) is 11.3 Å². The van der Waals surface area contributed by atoms with E-state index in [9.17, 15) is 4.79 Å². The Hall–Kier alpha value is -2.34. The Kier molecular flexibility index (Phi) is 7.97. The first-order valence-electron chi connectivity index (χ1n) is 12.9. The summed E-state index contributed by atoms with van der Waals surface area (Å²) >= 11 is 0. The van der Waals surface area contributed by atoms with Crippen LogP contribution in [0.3, 0.4) is 0 Å². The molecule has 2 aromatic rings. The molecule has 6 nitrogen and oxygen atoms in total. The second kappa shape index (κ2) is 10.9. The van der Waals surface area contributed by atoms with Crippen LogP contribution in [0.2, 0.25) is 0 Å². The molecule has 1 aromatic carbocycles. The van der Waals surface area contributed by atoms with Gasteiger partial charge in [-0.1, -0.05) is 45.2 Å². The fourth-order valence-corrected chi connectivity index (χ4v) is 5.54. The maximum atomic E-state index is 13.2. The largest absolute Gasteiger partial charge is 0.497 e. The van der Waals surface area contributed by atoms with Crippen LogP contribution in [0.4, 0.5) is 0 Å². The third kappa shape index (κ3) is 6.21. The van der Waals surface area contributed by atoms with Crippen molar-refractivity contribution < 1.29 is 14.3 Å². The standard InChI is InChI=1S/C28H41N3O3/c1-21-17-31(18-22-10-12-25(33-4)13-11-22)27(32)26(34-21)16-24-19-30(20-29-24)15-14-28(2,3)23-8-6-5-7-9-23/h10-13,19-21,23,26H,5-9,14-18H2,1-4H3/t21-,26+/m1/s1. The first-order chi connectivity index (χ1) is 16.3. The van der Waals surface area contributed by atoms with Crippen molar-refractivity contribution in [1.29, 1.82) is 0 Å². The van der Waals surface area contributed by atoms with E-state index in [1.54, 1.807) is 7.11 Å². The van der Waals surface area contributed by atoms with Gasteiger partial charge in [0.2, 0.25) is 0 Å². The fourth-order valence-electron chi connectivity index (χ4n) is 5.54. The number of amides is 1. The maximum absolute atomic E-state index is 13.2. The summed E-state index contributed by atoms with van der Waals surface area (Å²) in [5, 5.41) is 0. The van der Waals surface area contributed by atoms with Crippen LogP contribution < -0.4 is 4.74 Å². The number of methoxy groups -OCH3 is 1. The molecule has 0 N–H and O–H groups in total. The van der Waals surface area contributed by atoms with E-state index in [0.717, 1.165) is 35.9 Å². The number of imidazole rings is 1. The van der Waals surface area contributed by atoms with Crippen LogP contribution in [0.1, 0.15) is 70.6 Å². The van der Waals surface area contributed by atoms with Crippen molar-refractivity contribution >= 4 is 5.91 Å². The molecular weight excluding hydrogens is 426 g/mol. The van der Waals surface area contributed by atoms with Gasteiger partial charge in [0, 0.05) is 32.3 Å². The third-order valence-corrected chi connectivity index (χ3v) is 7.80. The van der Waals surface area contributed by atoms with E-state index in [1.807, 2.05) is 42.4 Å². The second-order valence-corrected chi connectivity index (χ2v) is 10.9. The molecule has 2 aliphatic rings. The molecule has 34 heavy (non-hydrogen) atoms. The summed E-state index contributed by atoms with van der Waals surface area (Å²) in [6.07, 6.45) is 12.1. The summed E-state index contributed by atoms with van der Waals surface area (Å²) in [6.45, 7) is 9.04. The lowest BCUT2D eigenvalue weighted by Gasteiger charge is -2.37. The van der Waals surface area contributed by atoms with Gasteiger partial charge in [-0.2, -0.15) is 0 Å². The van der Waals surface area contributed by atoms with E-state index in [-0.39, 0.29) is 12.0 Å². The lowest BCUT2D eigenvalue weighted by molar-refractivity contribution is -0.161. The summed E-state index contributed by atoms with van der Waals surface area (Å²) in [4.78, 5) is 19.7. The van der Waals surface area contributed by atoms with E-state index < -0.39 is 6.10 Å². The Balaban J connectivity index is 1.33. The zero-order valence-corrected chi connectivity index (χ0v) is 21.3. The van der Waals surface area contributed by atoms with Crippen molar-refractivity contribution in [3.8, 4) is 5.75 Å². The molecule has 0 spiro atoms. The lowest BCUT2D eigenvalue weighted by Crippen LogP contribution is -2.51. The molecule has 0 unspecified atom stereocenters. The number of hydrogen-bond donors (Lipinski definition) is 0. The number of aromatic nitrogens is 2. The number of carbonyl (C=O) groups excluding carboxylic acids is 1. The van der Waals surface area contributed by atoms with E-state index in [0.29, 0.717) is 24.9 Å². The van der Waals surface area contributed by atoms with Crippen LogP contribution in [0.15, 0.2) is 36.8 Å². The molecule has 0 radical (unpaired) electrons. The minimum absolute atomic E-state index is 0.000624. The molecule has 1 aliphatic carbocycles. The number of rotatable bonds is 9. The van der Waals surface area contributed by atoms with Gasteiger partial charge in [0.05, 0.1) is 25.2 Å². The molecule has 2 heterocycles. The van der Waals surface area contributed by atoms with Crippen molar-refractivity contribution in [3.63, 3.8) is 0 Å². The predicted octanol–water partition coefficient (Wildman–Crippen LogP) is 5.25. The van der Waals surface area contributed by atoms with Crippen LogP contribution in [-0.4, -0.2) is 46.2 Å². The van der Waals surface area contributed by atoms with Crippen molar-refractivity contribution in [2.24, 2.45) is 11.3 Å². The highest BCUT2D eigenvalue weighted by molar-refractivity contribution is 5.82. The summed E-state index contributed by atoms with van der Waals surface area (Å²) in [5.41, 5.74) is 2.37. The normalized spacial score (nSPS) is 22.2. The Bertz CT molecular complexity index is 931. The number of ether oxygens (including phenoxy) is 2. The van der Waals surface area contributed by atoms with E-state index in [4.69, 9.17) is 9.47 Å². The van der Waals surface area contributed by atoms with Crippen LogP contribution in [0.5, 0.6) is 5.75 Å². The van der Waals surface area contributed by atoms with Gasteiger partial charge in [-0.25, -0.2) is 4.98 Å². The number of aryl methyl sites for hydroxylation is 1. The van der Waals surface area contributed by atoms with Gasteiger partial charge in [0.1, 0.15) is 11.9 Å². The zero-order chi connectivity index (χ0) is 24.1. The summed E-state index contributed by atoms with van der Waals surface area (Å²) in [5.74, 6) is 1.69. The quantitative estimate of drug-likeness (QED) is 0.506. The van der Waals surface area contributed by atoms with Crippen LogP contribution in [0.25, 0.3) is 0 Å². The number of morpholine rings is 1. The topological polar surface area (TPSA) is 56.6 Å². The molecule has 2 fully saturated rings. The first kappa shape index (κ1) is 24.8. The van der Waals surface area contributed by atoms with E-state index >= 15 is 0 Å². The number of carbonyl (C=O) groups is 1. The van der Waals surface area contributed by atoms with E-state index in [1.165, 1.54) is 32.1 Å². The first-order valence-corrected chi connectivity index (χ1v) is 12.9. The molecule has 1 saturated heterocycles. The highest BCUT2D eigenvalue weighted by atomic mass is 16.5. The molecule has 0 bridgehead atoms. The van der Waals surface area contributed by atoms with Crippen molar-refractivity contribution in [2.75, 3.05) is 13.7 Å². The predicted molar refractivity (Wildman–Crippen MR) is 134 cm³/mol. The fraction of sp³-hybridized carbons (Fsp3) is 0.643. The molecule has 1 aromatic heterocycles. The lowest BCUT2D eigenvalue weighted by atomic mass is 9.69. The molecule has 6 heteroatoms. The molecule has 1 aliphatic heterocycles. The monoisotopic (exact) mass is 467 g/mol. The maximum Gasteiger partial charge on any atom is 0.252 e. The smallest absolute Gasteiger partial charge is 0.252 e. The summed E-state index contributed by atoms with van der Waals surface area (Å²) < 4.78 is 13.5. The highest BCUT2D eigenvalue weighted by Gasteiger charge is 2.34. The minimum Gasteiger partial charge on any atom is -0.497 e. The Morgan fingerprint density at radius 2 is 1.88 bits per heavy atom. The van der Waals surface area contributed by atoms with Crippen LogP contribution >= 0.6 is 0 Å². The second-order valence-electron chi connectivity index (χ2n) is 10.9. The van der Waals surface area contributed by atoms with Crippen LogP contribution in [-0.2, 0) is 29.0 Å². The number of benzene rings is 1. The molecule has 4 rings (SSSR count). The van der Waals surface area contributed by atoms with Gasteiger partial charge in [-0.05, 0) is 55.2 Å². The van der Waals surface area contributed by atoms with Crippen molar-refractivity contribution in [2.45, 2.75) is 91.0 Å². The number of nitrogens with zero attached hydrogens (tertiary/aromatic N) is 3. The van der Waals surface area contributed by atoms with Gasteiger partial charge in [0.15, 0.2) is 0 Å². The Morgan fingerprint density at radius 3 is 2.59 bits per heavy atom. The molecule has 1 saturated carbocycles. The molecule has 186 valence electrons. The van der Waals surface area contributed by atoms with Crippen molar-refractivity contribution in [3.05, 3.63) is 48.0 Å². The Labute approximate surface area is 204 Å². The molecule has 2 atom stereocenters. The summed E-state index contributed by atoms with van der Waals surface area (Å²) in [7, 11) is 1.66. The summed E-state index contributed by atoms with van der Waals surface area (Å²) in [6, 6.07) is 7.89. The SMILES string of the molecule is COc1ccc(CN2C[C@@H](C)O[C@@H](Cc3cn(CCC(C)(C)C4CCCCC4)cn3)C2=O)cc1. The van der Waals surface area contributed by atoms with Gasteiger partial charge in [-0.15, -0.1) is 0 Å². The van der Waals surface area contributed by atoms with E-state index in [2.05, 4.69) is 29.6 Å². The number of hydrogen-bond acceptors (Lipinski definition) is 4. The van der Waals surface area contributed by atoms with Gasteiger partial charge in [0.25, 0.3) is 5.91 Å². The average Bonchev–Trinajstić information content (AvgIpc) is 3.29. The van der Waals surface area contributed by atoms with Gasteiger partial charge in [-0.3, -0.25) is 4.79 Å². The van der Waals surface area contributed by atoms with Gasteiger partial charge >= 0.3 is 0 Å². The van der Waals surface area contributed by atoms with Gasteiger partial charge < -0.3 is 18.9 Å². The zero-order valence-electron chi connectivity index (χ0n) is 21.3.